The van der Waals surface area contributed by atoms with Crippen molar-refractivity contribution in [3.8, 4) is 0 Å². The molecular formula is C20H23NO. The highest BCUT2D eigenvalue weighted by Gasteiger charge is 2.15. The molecule has 114 valence electrons. The van der Waals surface area contributed by atoms with Gasteiger partial charge in [-0.15, -0.1) is 0 Å². The molecule has 0 atom stereocenters. The average molecular weight is 293 g/mol. The maximum absolute atomic E-state index is 12.7. The molecule has 1 amide bonds. The lowest BCUT2D eigenvalue weighted by Gasteiger charge is -2.23. The summed E-state index contributed by atoms with van der Waals surface area (Å²) in [5, 5.41) is 0. The molecule has 2 aromatic carbocycles. The number of rotatable bonds is 6. The quantitative estimate of drug-likeness (QED) is 0.714. The first-order valence-electron chi connectivity index (χ1n) is 7.74. The third-order valence-corrected chi connectivity index (χ3v) is 3.57. The smallest absolute Gasteiger partial charge is 0.249 e. The van der Waals surface area contributed by atoms with Crippen LogP contribution in [0, 0.1) is 0 Å². The van der Waals surface area contributed by atoms with Crippen molar-refractivity contribution in [1.29, 1.82) is 0 Å². The molecular weight excluding hydrogens is 270 g/mol. The first kappa shape index (κ1) is 16.0. The van der Waals surface area contributed by atoms with E-state index in [1.54, 1.807) is 0 Å². The van der Waals surface area contributed by atoms with Crippen LogP contribution in [0.1, 0.15) is 31.4 Å². The van der Waals surface area contributed by atoms with Crippen molar-refractivity contribution in [2.45, 2.75) is 33.4 Å². The molecule has 0 N–H and O–H groups in total. The largest absolute Gasteiger partial charge is 0.330 e. The van der Waals surface area contributed by atoms with E-state index in [2.05, 4.69) is 31.2 Å². The van der Waals surface area contributed by atoms with Crippen LogP contribution in [0.2, 0.25) is 0 Å². The molecule has 0 saturated heterocycles. The van der Waals surface area contributed by atoms with Crippen molar-refractivity contribution < 1.29 is 4.79 Å². The monoisotopic (exact) mass is 293 g/mol. The minimum Gasteiger partial charge on any atom is -0.330 e. The standard InChI is InChI=1S/C20H23NO/c1-3-10-17(2)20(22)21(15-18-11-6-4-7-12-18)16-19-13-8-5-9-14-19/h4-14H,3,15-16H2,1-2H3. The Kier molecular flexibility index (Phi) is 5.96. The lowest BCUT2D eigenvalue weighted by atomic mass is 10.1. The molecule has 0 bridgehead atoms. The third-order valence-electron chi connectivity index (χ3n) is 3.57. The Morgan fingerprint density at radius 1 is 0.909 bits per heavy atom. The minimum atomic E-state index is 0.106. The van der Waals surface area contributed by atoms with Crippen LogP contribution in [0.25, 0.3) is 0 Å². The second kappa shape index (κ2) is 8.18. The average Bonchev–Trinajstić information content (AvgIpc) is 2.56. The predicted octanol–water partition coefficient (Wildman–Crippen LogP) is 4.57. The molecule has 22 heavy (non-hydrogen) atoms. The van der Waals surface area contributed by atoms with Crippen molar-refractivity contribution >= 4 is 5.91 Å². The van der Waals surface area contributed by atoms with Gasteiger partial charge in [0.25, 0.3) is 0 Å². The van der Waals surface area contributed by atoms with Crippen LogP contribution >= 0.6 is 0 Å². The second-order valence-corrected chi connectivity index (χ2v) is 5.43. The lowest BCUT2D eigenvalue weighted by Crippen LogP contribution is -2.30. The van der Waals surface area contributed by atoms with Gasteiger partial charge in [0, 0.05) is 18.7 Å². The summed E-state index contributed by atoms with van der Waals surface area (Å²) in [6.07, 6.45) is 2.87. The number of hydrogen-bond donors (Lipinski definition) is 0. The fraction of sp³-hybridized carbons (Fsp3) is 0.250. The summed E-state index contributed by atoms with van der Waals surface area (Å²) in [6, 6.07) is 20.3. The molecule has 0 unspecified atom stereocenters. The molecule has 0 fully saturated rings. The zero-order chi connectivity index (χ0) is 15.8. The molecule has 0 aliphatic carbocycles. The predicted molar refractivity (Wildman–Crippen MR) is 91.2 cm³/mol. The van der Waals surface area contributed by atoms with Crippen LogP contribution in [0.3, 0.4) is 0 Å². The van der Waals surface area contributed by atoms with Gasteiger partial charge < -0.3 is 4.90 Å². The Balaban J connectivity index is 2.20. The number of allylic oxidation sites excluding steroid dienone is 1. The summed E-state index contributed by atoms with van der Waals surface area (Å²) in [5.74, 6) is 0.106. The SMILES string of the molecule is CCC=C(C)C(=O)N(Cc1ccccc1)Cc1ccccc1. The fourth-order valence-corrected chi connectivity index (χ4v) is 2.45. The first-order chi connectivity index (χ1) is 10.7. The van der Waals surface area contributed by atoms with Gasteiger partial charge in [-0.2, -0.15) is 0 Å². The fourth-order valence-electron chi connectivity index (χ4n) is 2.45. The van der Waals surface area contributed by atoms with Gasteiger partial charge in [-0.25, -0.2) is 0 Å². The Morgan fingerprint density at radius 2 is 1.36 bits per heavy atom. The highest BCUT2D eigenvalue weighted by Crippen LogP contribution is 2.13. The highest BCUT2D eigenvalue weighted by molar-refractivity contribution is 5.92. The maximum atomic E-state index is 12.7. The van der Waals surface area contributed by atoms with E-state index in [9.17, 15) is 4.79 Å². The van der Waals surface area contributed by atoms with Crippen LogP contribution in [-0.2, 0) is 17.9 Å². The zero-order valence-electron chi connectivity index (χ0n) is 13.3. The number of carbonyl (C=O) groups is 1. The van der Waals surface area contributed by atoms with E-state index in [0.717, 1.165) is 23.1 Å². The van der Waals surface area contributed by atoms with Crippen LogP contribution in [0.15, 0.2) is 72.3 Å². The van der Waals surface area contributed by atoms with Crippen molar-refractivity contribution in [1.82, 2.24) is 4.90 Å². The number of nitrogens with zero attached hydrogens (tertiary/aromatic N) is 1. The summed E-state index contributed by atoms with van der Waals surface area (Å²) in [6.45, 7) is 5.21. The summed E-state index contributed by atoms with van der Waals surface area (Å²) in [7, 11) is 0. The van der Waals surface area contributed by atoms with Crippen LogP contribution < -0.4 is 0 Å². The van der Waals surface area contributed by atoms with E-state index in [-0.39, 0.29) is 5.91 Å². The van der Waals surface area contributed by atoms with E-state index < -0.39 is 0 Å². The van der Waals surface area contributed by atoms with Gasteiger partial charge in [0.2, 0.25) is 5.91 Å². The molecule has 2 heteroatoms. The summed E-state index contributed by atoms with van der Waals surface area (Å²) in [4.78, 5) is 14.6. The van der Waals surface area contributed by atoms with Crippen LogP contribution in [-0.4, -0.2) is 10.8 Å². The third kappa shape index (κ3) is 4.59. The van der Waals surface area contributed by atoms with Crippen molar-refractivity contribution in [3.05, 3.63) is 83.4 Å². The number of amides is 1. The van der Waals surface area contributed by atoms with Crippen LogP contribution in [0.4, 0.5) is 0 Å². The molecule has 0 radical (unpaired) electrons. The Morgan fingerprint density at radius 3 is 1.77 bits per heavy atom. The molecule has 0 heterocycles. The van der Waals surface area contributed by atoms with Crippen molar-refractivity contribution in [2.24, 2.45) is 0 Å². The molecule has 2 aromatic rings. The Hall–Kier alpha value is -2.35. The molecule has 0 spiro atoms. The van der Waals surface area contributed by atoms with E-state index in [0.29, 0.717) is 13.1 Å². The van der Waals surface area contributed by atoms with Gasteiger partial charge in [0.15, 0.2) is 0 Å². The maximum Gasteiger partial charge on any atom is 0.249 e. The molecule has 0 saturated carbocycles. The van der Waals surface area contributed by atoms with Gasteiger partial charge in [0.1, 0.15) is 0 Å². The molecule has 2 nitrogen and oxygen atoms in total. The highest BCUT2D eigenvalue weighted by atomic mass is 16.2. The topological polar surface area (TPSA) is 20.3 Å². The number of carbonyl (C=O) groups excluding carboxylic acids is 1. The van der Waals surface area contributed by atoms with Crippen LogP contribution in [0.5, 0.6) is 0 Å². The first-order valence-corrected chi connectivity index (χ1v) is 7.74. The summed E-state index contributed by atoms with van der Waals surface area (Å²) in [5.41, 5.74) is 3.11. The lowest BCUT2D eigenvalue weighted by molar-refractivity contribution is -0.128. The number of hydrogen-bond acceptors (Lipinski definition) is 1. The normalized spacial score (nSPS) is 11.3. The molecule has 2 rings (SSSR count). The number of benzene rings is 2. The van der Waals surface area contributed by atoms with Crippen molar-refractivity contribution in [3.63, 3.8) is 0 Å². The molecule has 0 aliphatic heterocycles. The van der Waals surface area contributed by atoms with E-state index in [1.807, 2.05) is 54.3 Å². The van der Waals surface area contributed by atoms with E-state index >= 15 is 0 Å². The Bertz CT molecular complexity index is 575. The van der Waals surface area contributed by atoms with Gasteiger partial charge >= 0.3 is 0 Å². The van der Waals surface area contributed by atoms with E-state index in [4.69, 9.17) is 0 Å². The van der Waals surface area contributed by atoms with Gasteiger partial charge in [-0.1, -0.05) is 73.7 Å². The zero-order valence-corrected chi connectivity index (χ0v) is 13.3. The van der Waals surface area contributed by atoms with Gasteiger partial charge in [-0.05, 0) is 24.5 Å². The second-order valence-electron chi connectivity index (χ2n) is 5.43. The Labute approximate surface area is 133 Å². The molecule has 0 aliphatic rings. The molecule has 0 aromatic heterocycles. The van der Waals surface area contributed by atoms with Crippen molar-refractivity contribution in [2.75, 3.05) is 0 Å². The van der Waals surface area contributed by atoms with E-state index in [1.165, 1.54) is 0 Å². The summed E-state index contributed by atoms with van der Waals surface area (Å²) >= 11 is 0. The minimum absolute atomic E-state index is 0.106. The van der Waals surface area contributed by atoms with Gasteiger partial charge in [-0.3, -0.25) is 4.79 Å². The summed E-state index contributed by atoms with van der Waals surface area (Å²) < 4.78 is 0. The van der Waals surface area contributed by atoms with Gasteiger partial charge in [0.05, 0.1) is 0 Å².